The van der Waals surface area contributed by atoms with Crippen molar-refractivity contribution in [1.82, 2.24) is 20.9 Å². The Morgan fingerprint density at radius 3 is 2.43 bits per heavy atom. The summed E-state index contributed by atoms with van der Waals surface area (Å²) in [5.74, 6) is 0.348. The minimum Gasteiger partial charge on any atom is -0.354 e. The first-order chi connectivity index (χ1) is 16.9. The van der Waals surface area contributed by atoms with Crippen LogP contribution in [0.3, 0.4) is 0 Å². The SMILES string of the molecule is NC1(C(=O)N[C@H](Cc2ccccc2)C(=O)NCCC2CCN(C(=O)[C@H]3CCCN3)CC2)CCCC1. The Morgan fingerprint density at radius 2 is 1.77 bits per heavy atom. The molecule has 4 rings (SSSR count). The lowest BCUT2D eigenvalue weighted by Crippen LogP contribution is -2.58. The van der Waals surface area contributed by atoms with Gasteiger partial charge in [-0.3, -0.25) is 14.4 Å². The average molecular weight is 484 g/mol. The van der Waals surface area contributed by atoms with E-state index in [9.17, 15) is 14.4 Å². The molecule has 35 heavy (non-hydrogen) atoms. The van der Waals surface area contributed by atoms with Crippen molar-refractivity contribution in [2.45, 2.75) is 81.8 Å². The van der Waals surface area contributed by atoms with Crippen molar-refractivity contribution in [1.29, 1.82) is 0 Å². The van der Waals surface area contributed by atoms with Crippen molar-refractivity contribution >= 4 is 17.7 Å². The highest BCUT2D eigenvalue weighted by Crippen LogP contribution is 2.27. The molecule has 3 aliphatic rings. The van der Waals surface area contributed by atoms with Crippen LogP contribution < -0.4 is 21.7 Å². The molecule has 1 aliphatic carbocycles. The molecule has 192 valence electrons. The molecule has 3 fully saturated rings. The molecule has 2 aliphatic heterocycles. The van der Waals surface area contributed by atoms with Crippen LogP contribution in [0.15, 0.2) is 30.3 Å². The van der Waals surface area contributed by atoms with Gasteiger partial charge in [-0.15, -0.1) is 0 Å². The minimum atomic E-state index is -0.866. The maximum Gasteiger partial charge on any atom is 0.242 e. The second-order valence-corrected chi connectivity index (χ2v) is 10.6. The molecule has 0 spiro atoms. The van der Waals surface area contributed by atoms with Gasteiger partial charge in [0.1, 0.15) is 6.04 Å². The molecule has 0 aromatic heterocycles. The van der Waals surface area contributed by atoms with Crippen LogP contribution in [0, 0.1) is 5.92 Å². The zero-order chi connectivity index (χ0) is 24.7. The summed E-state index contributed by atoms with van der Waals surface area (Å²) in [5, 5.41) is 9.30. The lowest BCUT2D eigenvalue weighted by atomic mass is 9.93. The predicted molar refractivity (Wildman–Crippen MR) is 135 cm³/mol. The van der Waals surface area contributed by atoms with E-state index in [4.69, 9.17) is 5.73 Å². The van der Waals surface area contributed by atoms with Gasteiger partial charge in [0.2, 0.25) is 17.7 Å². The summed E-state index contributed by atoms with van der Waals surface area (Å²) in [6, 6.07) is 9.10. The number of nitrogens with one attached hydrogen (secondary N) is 3. The molecule has 0 radical (unpaired) electrons. The van der Waals surface area contributed by atoms with E-state index < -0.39 is 11.6 Å². The Balaban J connectivity index is 1.25. The van der Waals surface area contributed by atoms with Crippen LogP contribution in [0.5, 0.6) is 0 Å². The minimum absolute atomic E-state index is 0.000474. The molecule has 1 saturated carbocycles. The number of benzene rings is 1. The fraction of sp³-hybridized carbons (Fsp3) is 0.667. The predicted octanol–water partition coefficient (Wildman–Crippen LogP) is 1.48. The summed E-state index contributed by atoms with van der Waals surface area (Å²) < 4.78 is 0. The quantitative estimate of drug-likeness (QED) is 0.425. The summed E-state index contributed by atoms with van der Waals surface area (Å²) >= 11 is 0. The van der Waals surface area contributed by atoms with Gasteiger partial charge >= 0.3 is 0 Å². The van der Waals surface area contributed by atoms with Crippen molar-refractivity contribution in [2.75, 3.05) is 26.2 Å². The van der Waals surface area contributed by atoms with Crippen molar-refractivity contribution in [3.8, 4) is 0 Å². The van der Waals surface area contributed by atoms with Gasteiger partial charge in [0.25, 0.3) is 0 Å². The Morgan fingerprint density at radius 1 is 1.06 bits per heavy atom. The molecule has 2 atom stereocenters. The van der Waals surface area contributed by atoms with E-state index in [1.54, 1.807) is 0 Å². The first-order valence-electron chi connectivity index (χ1n) is 13.4. The van der Waals surface area contributed by atoms with Gasteiger partial charge in [-0.05, 0) is 63.0 Å². The number of hydrogen-bond acceptors (Lipinski definition) is 5. The van der Waals surface area contributed by atoms with Gasteiger partial charge in [-0.25, -0.2) is 0 Å². The van der Waals surface area contributed by atoms with E-state index in [2.05, 4.69) is 16.0 Å². The van der Waals surface area contributed by atoms with E-state index >= 15 is 0 Å². The molecular formula is C27H41N5O3. The summed E-state index contributed by atoms with van der Waals surface area (Å²) in [7, 11) is 0. The fourth-order valence-electron chi connectivity index (χ4n) is 5.67. The smallest absolute Gasteiger partial charge is 0.242 e. The number of carbonyl (C=O) groups is 3. The highest BCUT2D eigenvalue weighted by molar-refractivity contribution is 5.92. The molecule has 1 aromatic rings. The molecule has 8 heteroatoms. The summed E-state index contributed by atoms with van der Waals surface area (Å²) in [6.45, 7) is 3.09. The lowest BCUT2D eigenvalue weighted by molar-refractivity contribution is -0.134. The van der Waals surface area contributed by atoms with Crippen molar-refractivity contribution in [2.24, 2.45) is 11.7 Å². The van der Waals surface area contributed by atoms with Crippen LogP contribution in [-0.2, 0) is 20.8 Å². The van der Waals surface area contributed by atoms with Crippen LogP contribution in [0.2, 0.25) is 0 Å². The number of nitrogens with zero attached hydrogens (tertiary/aromatic N) is 1. The maximum atomic E-state index is 13.1. The highest BCUT2D eigenvalue weighted by Gasteiger charge is 2.39. The normalized spacial score (nSPS) is 23.1. The number of rotatable bonds is 9. The van der Waals surface area contributed by atoms with Crippen LogP contribution in [0.1, 0.15) is 63.4 Å². The maximum absolute atomic E-state index is 13.1. The number of hydrogen-bond donors (Lipinski definition) is 4. The van der Waals surface area contributed by atoms with Gasteiger partial charge in [0.15, 0.2) is 0 Å². The molecule has 5 N–H and O–H groups in total. The Hall–Kier alpha value is -2.45. The molecule has 2 saturated heterocycles. The van der Waals surface area contributed by atoms with Gasteiger partial charge in [0, 0.05) is 26.1 Å². The number of piperidine rings is 1. The molecule has 2 heterocycles. The summed E-state index contributed by atoms with van der Waals surface area (Å²) in [5.41, 5.74) is 6.47. The average Bonchev–Trinajstić information content (AvgIpc) is 3.57. The number of likely N-dealkylation sites (tertiary alicyclic amines) is 1. The van der Waals surface area contributed by atoms with Crippen molar-refractivity contribution in [3.63, 3.8) is 0 Å². The molecule has 0 bridgehead atoms. The first-order valence-corrected chi connectivity index (χ1v) is 13.4. The van der Waals surface area contributed by atoms with Crippen LogP contribution in [0.4, 0.5) is 0 Å². The largest absolute Gasteiger partial charge is 0.354 e. The standard InChI is InChI=1S/C27H41N5O3/c28-27(13-4-5-14-27)26(35)31-23(19-21-7-2-1-3-8-21)24(33)30-16-10-20-11-17-32(18-12-20)25(34)22-9-6-15-29-22/h1-3,7-8,20,22-23,29H,4-6,9-19,28H2,(H,30,33)(H,31,35)/t22-,23-/m1/s1. The Labute approximate surface area is 208 Å². The number of amides is 3. The highest BCUT2D eigenvalue weighted by atomic mass is 16.2. The molecular weight excluding hydrogens is 442 g/mol. The molecule has 0 unspecified atom stereocenters. The van der Waals surface area contributed by atoms with Crippen LogP contribution in [0.25, 0.3) is 0 Å². The van der Waals surface area contributed by atoms with Crippen LogP contribution in [-0.4, -0.2) is 66.4 Å². The molecule has 3 amide bonds. The summed E-state index contributed by atoms with van der Waals surface area (Å²) in [4.78, 5) is 40.6. The molecule has 1 aromatic carbocycles. The topological polar surface area (TPSA) is 117 Å². The van der Waals surface area contributed by atoms with Crippen LogP contribution >= 0.6 is 0 Å². The third-order valence-corrected chi connectivity index (χ3v) is 7.99. The fourth-order valence-corrected chi connectivity index (χ4v) is 5.67. The summed E-state index contributed by atoms with van der Waals surface area (Å²) in [6.07, 6.45) is 8.48. The zero-order valence-electron chi connectivity index (χ0n) is 20.8. The zero-order valence-corrected chi connectivity index (χ0v) is 20.8. The van der Waals surface area contributed by atoms with E-state index in [0.29, 0.717) is 31.7 Å². The van der Waals surface area contributed by atoms with E-state index in [1.165, 1.54) is 0 Å². The number of nitrogens with two attached hydrogens (primary N) is 1. The van der Waals surface area contributed by atoms with Gasteiger partial charge in [0.05, 0.1) is 11.6 Å². The second-order valence-electron chi connectivity index (χ2n) is 10.6. The molecule has 8 nitrogen and oxygen atoms in total. The number of carbonyl (C=O) groups excluding carboxylic acids is 3. The van der Waals surface area contributed by atoms with E-state index in [1.807, 2.05) is 35.2 Å². The van der Waals surface area contributed by atoms with Crippen molar-refractivity contribution in [3.05, 3.63) is 35.9 Å². The van der Waals surface area contributed by atoms with Crippen molar-refractivity contribution < 1.29 is 14.4 Å². The Bertz CT molecular complexity index is 857. The lowest BCUT2D eigenvalue weighted by Gasteiger charge is -2.33. The van der Waals surface area contributed by atoms with E-state index in [-0.39, 0.29) is 23.8 Å². The van der Waals surface area contributed by atoms with Gasteiger partial charge < -0.3 is 26.6 Å². The monoisotopic (exact) mass is 483 g/mol. The third kappa shape index (κ3) is 6.82. The third-order valence-electron chi connectivity index (χ3n) is 7.99. The second kappa shape index (κ2) is 12.0. The van der Waals surface area contributed by atoms with E-state index in [0.717, 1.165) is 70.1 Å². The first kappa shape index (κ1) is 25.6. The van der Waals surface area contributed by atoms with Gasteiger partial charge in [-0.2, -0.15) is 0 Å². The Kier molecular flexibility index (Phi) is 8.78. The van der Waals surface area contributed by atoms with Gasteiger partial charge in [-0.1, -0.05) is 43.2 Å².